The van der Waals surface area contributed by atoms with Gasteiger partial charge in [0.05, 0.1) is 28.5 Å². The van der Waals surface area contributed by atoms with Gasteiger partial charge in [-0.2, -0.15) is 10.5 Å². The molecule has 0 radical (unpaired) electrons. The summed E-state index contributed by atoms with van der Waals surface area (Å²) in [5.41, 5.74) is -0.529. The molecule has 1 saturated carbocycles. The third-order valence-corrected chi connectivity index (χ3v) is 6.74. The first kappa shape index (κ1) is 20.3. The highest BCUT2D eigenvalue weighted by atomic mass is 32.2. The molecule has 26 heavy (non-hydrogen) atoms. The van der Waals surface area contributed by atoms with Gasteiger partial charge in [0.2, 0.25) is 11.8 Å². The van der Waals surface area contributed by atoms with Crippen LogP contribution in [0.25, 0.3) is 0 Å². The van der Waals surface area contributed by atoms with E-state index < -0.39 is 17.2 Å². The molecule has 0 unspecified atom stereocenters. The highest BCUT2D eigenvalue weighted by Gasteiger charge is 2.44. The third kappa shape index (κ3) is 4.04. The lowest BCUT2D eigenvalue weighted by Gasteiger charge is -2.35. The quantitative estimate of drug-likeness (QED) is 0.787. The summed E-state index contributed by atoms with van der Waals surface area (Å²) in [5.74, 6) is -0.271. The van der Waals surface area contributed by atoms with Crippen molar-refractivity contribution in [2.75, 3.05) is 5.75 Å². The second kappa shape index (κ2) is 8.14. The van der Waals surface area contributed by atoms with E-state index in [1.54, 1.807) is 13.8 Å². The van der Waals surface area contributed by atoms with Crippen LogP contribution in [0.5, 0.6) is 0 Å². The molecule has 0 bridgehead atoms. The second-order valence-electron chi connectivity index (χ2n) is 7.82. The maximum atomic E-state index is 12.4. The molecule has 2 amide bonds. The molecule has 1 heterocycles. The van der Waals surface area contributed by atoms with Crippen LogP contribution in [0.15, 0.2) is 10.6 Å². The first-order valence-corrected chi connectivity index (χ1v) is 9.98. The molecule has 140 valence electrons. The Balaban J connectivity index is 2.04. The van der Waals surface area contributed by atoms with Gasteiger partial charge in [-0.1, -0.05) is 52.3 Å². The lowest BCUT2D eigenvalue weighted by Crippen LogP contribution is -2.46. The molecule has 0 saturated heterocycles. The SMILES string of the molecule is C[C@@H]1[C@H](C)CCC[C@@H]1NC(=O)CSC1=C(C#N)C(C)(C)[C@H](C#N)C(=O)N1. The molecule has 4 atom stereocenters. The molecule has 0 aromatic heterocycles. The number of hydrogen-bond donors (Lipinski definition) is 2. The molecule has 2 rings (SSSR count). The van der Waals surface area contributed by atoms with Gasteiger partial charge in [0.15, 0.2) is 0 Å². The maximum absolute atomic E-state index is 12.4. The third-order valence-electron chi connectivity index (χ3n) is 5.73. The van der Waals surface area contributed by atoms with E-state index in [2.05, 4.69) is 30.6 Å². The minimum absolute atomic E-state index is 0.0970. The summed E-state index contributed by atoms with van der Waals surface area (Å²) >= 11 is 1.15. The minimum Gasteiger partial charge on any atom is -0.352 e. The lowest BCUT2D eigenvalue weighted by atomic mass is 9.72. The lowest BCUT2D eigenvalue weighted by molar-refractivity contribution is -0.125. The predicted octanol–water partition coefficient (Wildman–Crippen LogP) is 2.69. The number of allylic oxidation sites excluding steroid dienone is 1. The number of nitriles is 2. The summed E-state index contributed by atoms with van der Waals surface area (Å²) in [4.78, 5) is 24.5. The van der Waals surface area contributed by atoms with E-state index in [9.17, 15) is 20.1 Å². The average molecular weight is 375 g/mol. The number of nitrogens with one attached hydrogen (secondary N) is 2. The molecule has 2 N–H and O–H groups in total. The highest BCUT2D eigenvalue weighted by Crippen LogP contribution is 2.41. The Morgan fingerprint density at radius 3 is 2.65 bits per heavy atom. The number of carbonyl (C=O) groups excluding carboxylic acids is 2. The van der Waals surface area contributed by atoms with Crippen LogP contribution in [0.4, 0.5) is 0 Å². The van der Waals surface area contributed by atoms with E-state index in [0.29, 0.717) is 22.4 Å². The summed E-state index contributed by atoms with van der Waals surface area (Å²) in [6.07, 6.45) is 3.30. The van der Waals surface area contributed by atoms with E-state index in [1.807, 2.05) is 6.07 Å². The van der Waals surface area contributed by atoms with Crippen LogP contribution in [-0.2, 0) is 9.59 Å². The summed E-state index contributed by atoms with van der Waals surface area (Å²) < 4.78 is 0. The zero-order valence-electron chi connectivity index (χ0n) is 15.8. The van der Waals surface area contributed by atoms with Crippen molar-refractivity contribution in [3.63, 3.8) is 0 Å². The monoisotopic (exact) mass is 374 g/mol. The van der Waals surface area contributed by atoms with Gasteiger partial charge < -0.3 is 10.6 Å². The summed E-state index contributed by atoms with van der Waals surface area (Å²) in [7, 11) is 0. The normalized spacial score (nSPS) is 30.8. The Kier molecular flexibility index (Phi) is 6.36. The number of amides is 2. The highest BCUT2D eigenvalue weighted by molar-refractivity contribution is 8.03. The number of thioether (sulfide) groups is 1. The van der Waals surface area contributed by atoms with Crippen LogP contribution >= 0.6 is 11.8 Å². The van der Waals surface area contributed by atoms with Gasteiger partial charge in [0.1, 0.15) is 5.92 Å². The van der Waals surface area contributed by atoms with E-state index in [1.165, 1.54) is 6.42 Å². The Morgan fingerprint density at radius 1 is 1.35 bits per heavy atom. The molecular weight excluding hydrogens is 348 g/mol. The van der Waals surface area contributed by atoms with E-state index in [-0.39, 0.29) is 17.7 Å². The Labute approximate surface area is 159 Å². The summed E-state index contributed by atoms with van der Waals surface area (Å²) in [6, 6.07) is 4.26. The summed E-state index contributed by atoms with van der Waals surface area (Å²) in [5, 5.41) is 24.8. The second-order valence-corrected chi connectivity index (χ2v) is 8.80. The number of hydrogen-bond acceptors (Lipinski definition) is 5. The van der Waals surface area contributed by atoms with Crippen molar-refractivity contribution in [1.82, 2.24) is 10.6 Å². The van der Waals surface area contributed by atoms with E-state index in [0.717, 1.165) is 24.6 Å². The minimum atomic E-state index is -0.917. The molecule has 6 nitrogen and oxygen atoms in total. The smallest absolute Gasteiger partial charge is 0.243 e. The number of nitrogens with zero attached hydrogens (tertiary/aromatic N) is 2. The van der Waals surface area contributed by atoms with Gasteiger partial charge in [0.25, 0.3) is 0 Å². The van der Waals surface area contributed by atoms with Gasteiger partial charge in [0, 0.05) is 11.5 Å². The van der Waals surface area contributed by atoms with Crippen molar-refractivity contribution in [3.05, 3.63) is 10.6 Å². The molecule has 2 aliphatic rings. The van der Waals surface area contributed by atoms with Crippen molar-refractivity contribution in [3.8, 4) is 12.1 Å². The fourth-order valence-electron chi connectivity index (χ4n) is 3.71. The number of rotatable bonds is 4. The zero-order valence-corrected chi connectivity index (χ0v) is 16.6. The first-order chi connectivity index (χ1) is 12.2. The van der Waals surface area contributed by atoms with Gasteiger partial charge >= 0.3 is 0 Å². The molecular formula is C19H26N4O2S. The molecule has 1 fully saturated rings. The standard InChI is InChI=1S/C19H26N4O2S/c1-11-6-5-7-15(12(11)2)22-16(24)10-26-18-14(9-21)19(3,4)13(8-20)17(25)23-18/h11-13,15H,5-7,10H2,1-4H3,(H,22,24)(H,23,25)/t11-,12-,13-,15+/m1/s1. The molecule has 1 aliphatic heterocycles. The van der Waals surface area contributed by atoms with E-state index >= 15 is 0 Å². The number of carbonyl (C=O) groups is 2. The zero-order chi connectivity index (χ0) is 19.5. The van der Waals surface area contributed by atoms with Crippen molar-refractivity contribution >= 4 is 23.6 Å². The van der Waals surface area contributed by atoms with Gasteiger partial charge in [-0.25, -0.2) is 0 Å². The van der Waals surface area contributed by atoms with Crippen LogP contribution in [0.2, 0.25) is 0 Å². The summed E-state index contributed by atoms with van der Waals surface area (Å²) in [6.45, 7) is 7.81. The fraction of sp³-hybridized carbons (Fsp3) is 0.684. The van der Waals surface area contributed by atoms with Gasteiger partial charge in [-0.15, -0.1) is 0 Å². The first-order valence-electron chi connectivity index (χ1n) is 8.99. The molecule has 0 spiro atoms. The Bertz CT molecular complexity index is 701. The van der Waals surface area contributed by atoms with Crippen LogP contribution in [0.1, 0.15) is 47.0 Å². The average Bonchev–Trinajstić information content (AvgIpc) is 2.56. The van der Waals surface area contributed by atoms with Crippen molar-refractivity contribution in [1.29, 1.82) is 10.5 Å². The van der Waals surface area contributed by atoms with Crippen molar-refractivity contribution in [2.24, 2.45) is 23.2 Å². The molecule has 1 aliphatic carbocycles. The largest absolute Gasteiger partial charge is 0.352 e. The Hall–Kier alpha value is -1.99. The molecule has 0 aromatic rings. The molecule has 0 aromatic carbocycles. The van der Waals surface area contributed by atoms with Crippen LogP contribution in [0, 0.1) is 45.8 Å². The van der Waals surface area contributed by atoms with Gasteiger partial charge in [-0.3, -0.25) is 9.59 Å². The fourth-order valence-corrected chi connectivity index (χ4v) is 4.69. The van der Waals surface area contributed by atoms with Crippen LogP contribution in [0.3, 0.4) is 0 Å². The van der Waals surface area contributed by atoms with Crippen LogP contribution in [-0.4, -0.2) is 23.6 Å². The van der Waals surface area contributed by atoms with Crippen LogP contribution < -0.4 is 10.6 Å². The Morgan fingerprint density at radius 2 is 2.04 bits per heavy atom. The van der Waals surface area contributed by atoms with E-state index in [4.69, 9.17) is 0 Å². The van der Waals surface area contributed by atoms with Crippen molar-refractivity contribution in [2.45, 2.75) is 53.0 Å². The topological polar surface area (TPSA) is 106 Å². The van der Waals surface area contributed by atoms with Crippen molar-refractivity contribution < 1.29 is 9.59 Å². The predicted molar refractivity (Wildman–Crippen MR) is 100 cm³/mol. The van der Waals surface area contributed by atoms with Gasteiger partial charge in [-0.05, 0) is 18.3 Å². The maximum Gasteiger partial charge on any atom is 0.243 e. The molecule has 7 heteroatoms.